The topological polar surface area (TPSA) is 63.4 Å². The Labute approximate surface area is 122 Å². The molecule has 0 fully saturated rings. The van der Waals surface area contributed by atoms with Gasteiger partial charge in [0.15, 0.2) is 11.6 Å². The van der Waals surface area contributed by atoms with Gasteiger partial charge in [0.1, 0.15) is 0 Å². The Morgan fingerprint density at radius 3 is 1.95 bits per heavy atom. The first-order chi connectivity index (χ1) is 9.90. The second-order valence-electron chi connectivity index (χ2n) is 4.47. The Morgan fingerprint density at radius 2 is 1.48 bits per heavy atom. The number of hydrogen-bond donors (Lipinski definition) is 1. The summed E-state index contributed by atoms with van der Waals surface area (Å²) in [6.07, 6.45) is 0. The highest BCUT2D eigenvalue weighted by atomic mass is 35.5. The first-order valence-corrected chi connectivity index (χ1v) is 6.21. The van der Waals surface area contributed by atoms with E-state index in [9.17, 15) is 18.4 Å². The van der Waals surface area contributed by atoms with E-state index in [-0.39, 0.29) is 21.8 Å². The molecule has 2 N–H and O–H groups in total. The molecule has 0 radical (unpaired) electrons. The molecule has 0 saturated carbocycles. The molecule has 1 aliphatic rings. The van der Waals surface area contributed by atoms with Gasteiger partial charge in [-0.3, -0.25) is 9.59 Å². The Morgan fingerprint density at radius 1 is 0.952 bits per heavy atom. The molecule has 106 valence electrons. The van der Waals surface area contributed by atoms with Gasteiger partial charge in [-0.05, 0) is 30.3 Å². The van der Waals surface area contributed by atoms with Crippen LogP contribution in [0.15, 0.2) is 30.3 Å². The van der Waals surface area contributed by atoms with Crippen molar-refractivity contribution in [2.75, 3.05) is 10.6 Å². The van der Waals surface area contributed by atoms with Crippen LogP contribution in [0, 0.1) is 11.6 Å². The van der Waals surface area contributed by atoms with E-state index in [2.05, 4.69) is 0 Å². The number of halogens is 3. The summed E-state index contributed by atoms with van der Waals surface area (Å²) in [5.74, 6) is -3.92. The number of carbonyl (C=O) groups excluding carboxylic acids is 2. The van der Waals surface area contributed by atoms with Crippen molar-refractivity contribution >= 4 is 34.8 Å². The average molecular weight is 309 g/mol. The van der Waals surface area contributed by atoms with Crippen LogP contribution in [-0.2, 0) is 0 Å². The maximum atomic E-state index is 13.2. The standard InChI is InChI=1S/C14H7ClF2N2O2/c15-9-3-6(18)1-2-12(9)19-13(20)7-4-10(16)11(17)5-8(7)14(19)21/h1-5H,18H2. The predicted octanol–water partition coefficient (Wildman–Crippen LogP) is 3.00. The van der Waals surface area contributed by atoms with Gasteiger partial charge in [0.25, 0.3) is 11.8 Å². The fourth-order valence-electron chi connectivity index (χ4n) is 2.16. The van der Waals surface area contributed by atoms with Gasteiger partial charge in [0, 0.05) is 5.69 Å². The summed E-state index contributed by atoms with van der Waals surface area (Å²) in [4.78, 5) is 25.2. The number of fused-ring (bicyclic) bond motifs is 1. The molecule has 0 aromatic heterocycles. The lowest BCUT2D eigenvalue weighted by Gasteiger charge is -2.15. The van der Waals surface area contributed by atoms with E-state index in [4.69, 9.17) is 17.3 Å². The number of nitrogens with zero attached hydrogens (tertiary/aromatic N) is 1. The molecule has 2 aromatic rings. The number of nitrogens with two attached hydrogens (primary N) is 1. The Hall–Kier alpha value is -2.47. The Kier molecular flexibility index (Phi) is 2.91. The van der Waals surface area contributed by atoms with Crippen LogP contribution in [0.4, 0.5) is 20.2 Å². The summed E-state index contributed by atoms with van der Waals surface area (Å²) in [6.45, 7) is 0. The summed E-state index contributed by atoms with van der Waals surface area (Å²) in [5.41, 5.74) is 5.61. The normalized spacial score (nSPS) is 13.8. The average Bonchev–Trinajstić information content (AvgIpc) is 2.64. The quantitative estimate of drug-likeness (QED) is 0.650. The van der Waals surface area contributed by atoms with Crippen LogP contribution < -0.4 is 10.6 Å². The van der Waals surface area contributed by atoms with Crippen LogP contribution in [0.1, 0.15) is 20.7 Å². The highest BCUT2D eigenvalue weighted by Crippen LogP contribution is 2.34. The van der Waals surface area contributed by atoms with E-state index in [1.165, 1.54) is 18.2 Å². The number of hydrogen-bond acceptors (Lipinski definition) is 3. The van der Waals surface area contributed by atoms with E-state index in [0.29, 0.717) is 17.8 Å². The number of imide groups is 1. The van der Waals surface area contributed by atoms with Crippen LogP contribution in [-0.4, -0.2) is 11.8 Å². The lowest BCUT2D eigenvalue weighted by atomic mass is 10.1. The minimum absolute atomic E-state index is 0.0884. The Balaban J connectivity index is 2.16. The van der Waals surface area contributed by atoms with E-state index >= 15 is 0 Å². The lowest BCUT2D eigenvalue weighted by molar-refractivity contribution is 0.0926. The zero-order valence-electron chi connectivity index (χ0n) is 10.4. The number of amides is 2. The van der Waals surface area contributed by atoms with E-state index < -0.39 is 23.4 Å². The summed E-state index contributed by atoms with van der Waals surface area (Å²) in [6, 6.07) is 5.64. The molecule has 0 unspecified atom stereocenters. The largest absolute Gasteiger partial charge is 0.399 e. The SMILES string of the molecule is Nc1ccc(N2C(=O)c3cc(F)c(F)cc3C2=O)c(Cl)c1. The number of nitrogen functional groups attached to an aromatic ring is 1. The number of anilines is 2. The highest BCUT2D eigenvalue weighted by molar-refractivity contribution is 6.39. The molecular weight excluding hydrogens is 302 g/mol. The van der Waals surface area contributed by atoms with E-state index in [0.717, 1.165) is 4.90 Å². The Bertz CT molecular complexity index is 767. The lowest BCUT2D eigenvalue weighted by Crippen LogP contribution is -2.29. The second kappa shape index (κ2) is 4.53. The third-order valence-corrected chi connectivity index (χ3v) is 3.44. The molecule has 2 amide bonds. The molecular formula is C14H7ClF2N2O2. The zero-order chi connectivity index (χ0) is 15.3. The molecule has 21 heavy (non-hydrogen) atoms. The maximum absolute atomic E-state index is 13.2. The van der Waals surface area contributed by atoms with Crippen molar-refractivity contribution < 1.29 is 18.4 Å². The maximum Gasteiger partial charge on any atom is 0.266 e. The van der Waals surface area contributed by atoms with Gasteiger partial charge in [-0.15, -0.1) is 0 Å². The molecule has 0 bridgehead atoms. The van der Waals surface area contributed by atoms with Gasteiger partial charge < -0.3 is 5.73 Å². The van der Waals surface area contributed by atoms with Crippen LogP contribution in [0.5, 0.6) is 0 Å². The summed E-state index contributed by atoms with van der Waals surface area (Å²) >= 11 is 5.97. The number of benzene rings is 2. The predicted molar refractivity (Wildman–Crippen MR) is 73.4 cm³/mol. The van der Waals surface area contributed by atoms with E-state index in [1.807, 2.05) is 0 Å². The van der Waals surface area contributed by atoms with Gasteiger partial charge in [-0.1, -0.05) is 11.6 Å². The fourth-order valence-corrected chi connectivity index (χ4v) is 2.43. The molecule has 0 spiro atoms. The van der Waals surface area contributed by atoms with Crippen molar-refractivity contribution in [3.8, 4) is 0 Å². The van der Waals surface area contributed by atoms with Crippen molar-refractivity contribution in [3.05, 3.63) is 58.1 Å². The van der Waals surface area contributed by atoms with Crippen LogP contribution in [0.25, 0.3) is 0 Å². The molecule has 1 aliphatic heterocycles. The summed E-state index contributed by atoms with van der Waals surface area (Å²) in [7, 11) is 0. The molecule has 7 heteroatoms. The van der Waals surface area contributed by atoms with Crippen LogP contribution in [0.3, 0.4) is 0 Å². The smallest absolute Gasteiger partial charge is 0.266 e. The molecule has 1 heterocycles. The molecule has 0 atom stereocenters. The first kappa shape index (κ1) is 13.5. The van der Waals surface area contributed by atoms with Crippen molar-refractivity contribution in [1.82, 2.24) is 0 Å². The fraction of sp³-hybridized carbons (Fsp3) is 0. The monoisotopic (exact) mass is 308 g/mol. The molecule has 0 saturated heterocycles. The van der Waals surface area contributed by atoms with Crippen molar-refractivity contribution in [2.45, 2.75) is 0 Å². The van der Waals surface area contributed by atoms with Gasteiger partial charge in [-0.25, -0.2) is 13.7 Å². The van der Waals surface area contributed by atoms with E-state index in [1.54, 1.807) is 0 Å². The van der Waals surface area contributed by atoms with Crippen molar-refractivity contribution in [1.29, 1.82) is 0 Å². The third kappa shape index (κ3) is 1.95. The summed E-state index contributed by atoms with van der Waals surface area (Å²) in [5, 5.41) is 0.0884. The number of rotatable bonds is 1. The first-order valence-electron chi connectivity index (χ1n) is 5.83. The van der Waals surface area contributed by atoms with Gasteiger partial charge in [0.2, 0.25) is 0 Å². The second-order valence-corrected chi connectivity index (χ2v) is 4.88. The minimum Gasteiger partial charge on any atom is -0.399 e. The molecule has 3 rings (SSSR count). The van der Waals surface area contributed by atoms with Gasteiger partial charge in [-0.2, -0.15) is 0 Å². The minimum atomic E-state index is -1.19. The van der Waals surface area contributed by atoms with Crippen molar-refractivity contribution in [3.63, 3.8) is 0 Å². The molecule has 4 nitrogen and oxygen atoms in total. The van der Waals surface area contributed by atoms with Crippen LogP contribution in [0.2, 0.25) is 5.02 Å². The molecule has 2 aromatic carbocycles. The zero-order valence-corrected chi connectivity index (χ0v) is 11.1. The number of carbonyl (C=O) groups is 2. The van der Waals surface area contributed by atoms with Gasteiger partial charge >= 0.3 is 0 Å². The molecule has 0 aliphatic carbocycles. The third-order valence-electron chi connectivity index (χ3n) is 3.14. The highest BCUT2D eigenvalue weighted by Gasteiger charge is 2.38. The van der Waals surface area contributed by atoms with Crippen molar-refractivity contribution in [2.24, 2.45) is 0 Å². The summed E-state index contributed by atoms with van der Waals surface area (Å²) < 4.78 is 26.5. The van der Waals surface area contributed by atoms with Gasteiger partial charge in [0.05, 0.1) is 21.8 Å². The van der Waals surface area contributed by atoms with Crippen LogP contribution >= 0.6 is 11.6 Å².